The SMILES string of the molecule is C=CC(=O)Oc1cc(-c2ccc(-c3ccc(OC(=O)CC)c(OC(=O)C=C)c3)cc2F)ccc1OC. The molecule has 0 N–H and O–H groups in total. The number of carbonyl (C=O) groups excluding carboxylic acids is 3. The van der Waals surface area contributed by atoms with Gasteiger partial charge in [0.15, 0.2) is 23.0 Å². The van der Waals surface area contributed by atoms with Crippen molar-refractivity contribution >= 4 is 17.9 Å². The van der Waals surface area contributed by atoms with Crippen LogP contribution in [0.5, 0.6) is 23.0 Å². The Balaban J connectivity index is 1.99. The molecule has 0 aliphatic heterocycles. The molecule has 3 rings (SSSR count). The van der Waals surface area contributed by atoms with Crippen molar-refractivity contribution in [1.82, 2.24) is 0 Å². The molecule has 0 spiro atoms. The summed E-state index contributed by atoms with van der Waals surface area (Å²) in [7, 11) is 1.42. The topological polar surface area (TPSA) is 88.1 Å². The van der Waals surface area contributed by atoms with Gasteiger partial charge in [-0.15, -0.1) is 0 Å². The van der Waals surface area contributed by atoms with E-state index in [2.05, 4.69) is 13.2 Å². The van der Waals surface area contributed by atoms with Crippen LogP contribution in [0, 0.1) is 5.82 Å². The van der Waals surface area contributed by atoms with E-state index in [0.717, 1.165) is 12.2 Å². The Labute approximate surface area is 207 Å². The van der Waals surface area contributed by atoms with E-state index in [1.165, 1.54) is 31.4 Å². The van der Waals surface area contributed by atoms with Crippen molar-refractivity contribution in [2.45, 2.75) is 13.3 Å². The minimum absolute atomic E-state index is 0.00693. The van der Waals surface area contributed by atoms with E-state index in [9.17, 15) is 14.4 Å². The Morgan fingerprint density at radius 2 is 1.28 bits per heavy atom. The monoisotopic (exact) mass is 490 g/mol. The Hall–Kier alpha value is -4.72. The van der Waals surface area contributed by atoms with Crippen LogP contribution in [0.25, 0.3) is 22.3 Å². The smallest absolute Gasteiger partial charge is 0.335 e. The summed E-state index contributed by atoms with van der Waals surface area (Å²) in [5.41, 5.74) is 1.70. The van der Waals surface area contributed by atoms with Gasteiger partial charge in [-0.3, -0.25) is 4.79 Å². The molecule has 0 radical (unpaired) electrons. The highest BCUT2D eigenvalue weighted by Crippen LogP contribution is 2.37. The fourth-order valence-electron chi connectivity index (χ4n) is 3.20. The Morgan fingerprint density at radius 3 is 1.86 bits per heavy atom. The zero-order chi connectivity index (χ0) is 26.2. The van der Waals surface area contributed by atoms with Gasteiger partial charge in [0.2, 0.25) is 0 Å². The fourth-order valence-corrected chi connectivity index (χ4v) is 3.20. The van der Waals surface area contributed by atoms with E-state index >= 15 is 4.39 Å². The molecule has 0 aromatic heterocycles. The number of halogens is 1. The molecule has 0 bridgehead atoms. The van der Waals surface area contributed by atoms with Crippen molar-refractivity contribution in [2.75, 3.05) is 7.11 Å². The van der Waals surface area contributed by atoms with Crippen LogP contribution < -0.4 is 18.9 Å². The lowest BCUT2D eigenvalue weighted by Crippen LogP contribution is -2.09. The average molecular weight is 490 g/mol. The second-order valence-corrected chi connectivity index (χ2v) is 7.30. The highest BCUT2D eigenvalue weighted by molar-refractivity contribution is 5.85. The van der Waals surface area contributed by atoms with Crippen molar-refractivity contribution in [3.8, 4) is 45.3 Å². The van der Waals surface area contributed by atoms with Gasteiger partial charge in [-0.2, -0.15) is 0 Å². The van der Waals surface area contributed by atoms with Crippen LogP contribution in [-0.4, -0.2) is 25.0 Å². The molecule has 0 saturated carbocycles. The van der Waals surface area contributed by atoms with Crippen LogP contribution in [-0.2, 0) is 14.4 Å². The van der Waals surface area contributed by atoms with Crippen LogP contribution in [0.1, 0.15) is 13.3 Å². The lowest BCUT2D eigenvalue weighted by Gasteiger charge is -2.13. The number of esters is 3. The number of hydrogen-bond donors (Lipinski definition) is 0. The van der Waals surface area contributed by atoms with E-state index in [1.54, 1.807) is 37.3 Å². The third kappa shape index (κ3) is 6.04. The summed E-state index contributed by atoms with van der Waals surface area (Å²) in [6, 6.07) is 13.8. The molecule has 184 valence electrons. The first-order valence-corrected chi connectivity index (χ1v) is 10.8. The number of benzene rings is 3. The zero-order valence-corrected chi connectivity index (χ0v) is 19.7. The standard InChI is InChI=1S/C28H23FO7/c1-5-26(30)34-23-13-9-18(15-25(23)36-28(32)7-3)17-8-11-20(21(29)14-17)19-10-12-22(33-4)24(16-19)35-27(31)6-2/h6-16H,2-3,5H2,1,4H3. The van der Waals surface area contributed by atoms with Gasteiger partial charge in [-0.25, -0.2) is 14.0 Å². The van der Waals surface area contributed by atoms with Gasteiger partial charge in [-0.1, -0.05) is 44.3 Å². The van der Waals surface area contributed by atoms with Crippen molar-refractivity contribution in [2.24, 2.45) is 0 Å². The summed E-state index contributed by atoms with van der Waals surface area (Å²) >= 11 is 0. The minimum atomic E-state index is -0.741. The van der Waals surface area contributed by atoms with Gasteiger partial charge in [0.25, 0.3) is 0 Å². The molecule has 7 nitrogen and oxygen atoms in total. The molecule has 0 aliphatic rings. The normalized spacial score (nSPS) is 10.2. The minimum Gasteiger partial charge on any atom is -0.493 e. The highest BCUT2D eigenvalue weighted by Gasteiger charge is 2.16. The van der Waals surface area contributed by atoms with Crippen LogP contribution >= 0.6 is 0 Å². The van der Waals surface area contributed by atoms with E-state index < -0.39 is 23.7 Å². The first kappa shape index (κ1) is 25.9. The second-order valence-electron chi connectivity index (χ2n) is 7.30. The summed E-state index contributed by atoms with van der Waals surface area (Å²) < 4.78 is 36.0. The molecule has 0 amide bonds. The summed E-state index contributed by atoms with van der Waals surface area (Å²) in [6.07, 6.45) is 2.11. The molecule has 0 atom stereocenters. The maximum Gasteiger partial charge on any atom is 0.335 e. The molecule has 3 aromatic rings. The number of ether oxygens (including phenoxy) is 4. The first-order valence-electron chi connectivity index (χ1n) is 10.8. The predicted molar refractivity (Wildman–Crippen MR) is 131 cm³/mol. The summed E-state index contributed by atoms with van der Waals surface area (Å²) in [5, 5.41) is 0. The van der Waals surface area contributed by atoms with E-state index in [-0.39, 0.29) is 29.2 Å². The predicted octanol–water partition coefficient (Wildman–Crippen LogP) is 5.67. The molecule has 0 fully saturated rings. The molecular formula is C28H23FO7. The highest BCUT2D eigenvalue weighted by atomic mass is 19.1. The molecule has 0 saturated heterocycles. The molecule has 0 heterocycles. The van der Waals surface area contributed by atoms with Crippen LogP contribution in [0.15, 0.2) is 79.9 Å². The van der Waals surface area contributed by atoms with Gasteiger partial charge in [0, 0.05) is 24.1 Å². The lowest BCUT2D eigenvalue weighted by molar-refractivity contribution is -0.135. The number of carbonyl (C=O) groups is 3. The maximum absolute atomic E-state index is 15.2. The van der Waals surface area contributed by atoms with E-state index in [0.29, 0.717) is 22.4 Å². The summed E-state index contributed by atoms with van der Waals surface area (Å²) in [4.78, 5) is 35.1. The number of methoxy groups -OCH3 is 1. The second kappa shape index (κ2) is 11.6. The third-order valence-electron chi connectivity index (χ3n) is 4.99. The van der Waals surface area contributed by atoms with Gasteiger partial charge in [0.05, 0.1) is 7.11 Å². The maximum atomic E-state index is 15.2. The quantitative estimate of drug-likeness (QED) is 0.217. The van der Waals surface area contributed by atoms with E-state index in [4.69, 9.17) is 18.9 Å². The lowest BCUT2D eigenvalue weighted by atomic mass is 9.99. The van der Waals surface area contributed by atoms with Crippen LogP contribution in [0.4, 0.5) is 4.39 Å². The first-order chi connectivity index (χ1) is 17.3. The number of hydrogen-bond acceptors (Lipinski definition) is 7. The van der Waals surface area contributed by atoms with Crippen LogP contribution in [0.3, 0.4) is 0 Å². The molecule has 0 unspecified atom stereocenters. The van der Waals surface area contributed by atoms with Gasteiger partial charge >= 0.3 is 17.9 Å². The van der Waals surface area contributed by atoms with Crippen molar-refractivity contribution in [3.63, 3.8) is 0 Å². The Bertz CT molecular complexity index is 1340. The van der Waals surface area contributed by atoms with E-state index in [1.807, 2.05) is 0 Å². The largest absolute Gasteiger partial charge is 0.493 e. The van der Waals surface area contributed by atoms with Crippen molar-refractivity contribution in [1.29, 1.82) is 0 Å². The fraction of sp³-hybridized carbons (Fsp3) is 0.107. The van der Waals surface area contributed by atoms with Gasteiger partial charge < -0.3 is 18.9 Å². The zero-order valence-electron chi connectivity index (χ0n) is 19.7. The summed E-state index contributed by atoms with van der Waals surface area (Å²) in [6.45, 7) is 8.35. The van der Waals surface area contributed by atoms with Gasteiger partial charge in [-0.05, 0) is 47.0 Å². The molecule has 3 aromatic carbocycles. The van der Waals surface area contributed by atoms with Crippen molar-refractivity contribution < 1.29 is 37.7 Å². The third-order valence-corrected chi connectivity index (χ3v) is 4.99. The number of rotatable bonds is 9. The molecule has 8 heteroatoms. The molecular weight excluding hydrogens is 467 g/mol. The average Bonchev–Trinajstić information content (AvgIpc) is 2.89. The van der Waals surface area contributed by atoms with Crippen molar-refractivity contribution in [3.05, 3.63) is 85.7 Å². The Morgan fingerprint density at radius 1 is 0.750 bits per heavy atom. The summed E-state index contributed by atoms with van der Waals surface area (Å²) in [5.74, 6) is -2.01. The molecule has 36 heavy (non-hydrogen) atoms. The Kier molecular flexibility index (Phi) is 8.35. The molecule has 0 aliphatic carbocycles. The van der Waals surface area contributed by atoms with Gasteiger partial charge in [0.1, 0.15) is 5.82 Å². The van der Waals surface area contributed by atoms with Crippen LogP contribution in [0.2, 0.25) is 0 Å².